The summed E-state index contributed by atoms with van der Waals surface area (Å²) >= 11 is 0. The summed E-state index contributed by atoms with van der Waals surface area (Å²) in [5, 5.41) is 14.5. The van der Waals surface area contributed by atoms with E-state index in [0.29, 0.717) is 0 Å². The summed E-state index contributed by atoms with van der Waals surface area (Å²) in [6.45, 7) is -0.0284. The Labute approximate surface area is 164 Å². The maximum Gasteiger partial charge on any atom is 0.335 e. The van der Waals surface area contributed by atoms with Gasteiger partial charge in [0.15, 0.2) is 11.6 Å². The Morgan fingerprint density at radius 3 is 2.86 bits per heavy atom. The Morgan fingerprint density at radius 2 is 2.17 bits per heavy atom. The van der Waals surface area contributed by atoms with Crippen LogP contribution in [-0.2, 0) is 26.2 Å². The summed E-state index contributed by atoms with van der Waals surface area (Å²) < 4.78 is 37.3. The van der Waals surface area contributed by atoms with Crippen molar-refractivity contribution in [3.05, 3.63) is 35.7 Å². The van der Waals surface area contributed by atoms with Crippen LogP contribution in [0.4, 0.5) is 10.7 Å². The molecule has 0 radical (unpaired) electrons. The zero-order valence-corrected chi connectivity index (χ0v) is 15.8. The molecule has 0 atom stereocenters. The molecule has 2 aromatic rings. The molecule has 0 saturated heterocycles. The molecule has 1 aliphatic heterocycles. The van der Waals surface area contributed by atoms with Gasteiger partial charge in [0, 0.05) is 12.3 Å². The average Bonchev–Trinajstić information content (AvgIpc) is 2.73. The third-order valence-electron chi connectivity index (χ3n) is 3.40. The van der Waals surface area contributed by atoms with Gasteiger partial charge in [0.05, 0.1) is 25.0 Å². The van der Waals surface area contributed by atoms with Crippen LogP contribution in [0.15, 0.2) is 34.6 Å². The number of aromatic nitrogens is 3. The minimum Gasteiger partial charge on any atom is -0.481 e. The van der Waals surface area contributed by atoms with Crippen molar-refractivity contribution in [2.24, 2.45) is 5.16 Å². The van der Waals surface area contributed by atoms with Crippen molar-refractivity contribution in [2.75, 3.05) is 25.6 Å². The smallest absolute Gasteiger partial charge is 0.335 e. The van der Waals surface area contributed by atoms with Crippen molar-refractivity contribution in [3.8, 4) is 5.88 Å². The number of ether oxygens (including phenoxy) is 2. The number of anilines is 1. The molecule has 2 aromatic heterocycles. The molecule has 0 bridgehead atoms. The van der Waals surface area contributed by atoms with Gasteiger partial charge in [-0.05, 0) is 17.3 Å². The highest BCUT2D eigenvalue weighted by Crippen LogP contribution is 2.16. The van der Waals surface area contributed by atoms with Crippen LogP contribution in [0, 0.1) is 0 Å². The molecule has 0 saturated carbocycles. The lowest BCUT2D eigenvalue weighted by Gasteiger charge is -2.15. The number of oxime groups is 1. The zero-order chi connectivity index (χ0) is 20.9. The SMILES string of the molecule is COc1cc(CO)nc(NC(=O)NS(=O)(=O)c2ncccc2C2=NOCCO2)n1. The Hall–Kier alpha value is -3.52. The number of urea groups is 1. The van der Waals surface area contributed by atoms with Crippen molar-refractivity contribution >= 4 is 27.9 Å². The molecule has 29 heavy (non-hydrogen) atoms. The molecule has 1 aliphatic rings. The first-order valence-corrected chi connectivity index (χ1v) is 9.56. The molecular weight excluding hydrogens is 408 g/mol. The van der Waals surface area contributed by atoms with Crippen molar-refractivity contribution < 1.29 is 32.6 Å². The van der Waals surface area contributed by atoms with Crippen LogP contribution in [-0.4, -0.2) is 60.7 Å². The maximum absolute atomic E-state index is 12.7. The van der Waals surface area contributed by atoms with Crippen LogP contribution in [0.1, 0.15) is 11.3 Å². The van der Waals surface area contributed by atoms with E-state index in [2.05, 4.69) is 25.4 Å². The average molecular weight is 424 g/mol. The molecule has 13 nitrogen and oxygen atoms in total. The van der Waals surface area contributed by atoms with Crippen LogP contribution in [0.25, 0.3) is 0 Å². The van der Waals surface area contributed by atoms with Crippen molar-refractivity contribution in [1.29, 1.82) is 0 Å². The molecule has 14 heteroatoms. The van der Waals surface area contributed by atoms with Crippen LogP contribution >= 0.6 is 0 Å². The van der Waals surface area contributed by atoms with Crippen LogP contribution in [0.3, 0.4) is 0 Å². The molecule has 3 heterocycles. The van der Waals surface area contributed by atoms with Gasteiger partial charge in [0.1, 0.15) is 6.61 Å². The largest absolute Gasteiger partial charge is 0.481 e. The summed E-state index contributed by atoms with van der Waals surface area (Å²) in [5.74, 6) is -0.272. The summed E-state index contributed by atoms with van der Waals surface area (Å²) in [4.78, 5) is 28.6. The fourth-order valence-electron chi connectivity index (χ4n) is 2.21. The number of amides is 2. The van der Waals surface area contributed by atoms with E-state index in [1.807, 2.05) is 0 Å². The summed E-state index contributed by atoms with van der Waals surface area (Å²) in [7, 11) is -3.08. The Kier molecular flexibility index (Phi) is 6.04. The number of nitrogens with one attached hydrogen (secondary N) is 2. The van der Waals surface area contributed by atoms with Gasteiger partial charge in [0.2, 0.25) is 11.8 Å². The molecule has 154 valence electrons. The molecular formula is C15H16N6O7S. The first-order chi connectivity index (χ1) is 13.9. The van der Waals surface area contributed by atoms with Crippen LogP contribution < -0.4 is 14.8 Å². The number of carbonyl (C=O) groups excluding carboxylic acids is 1. The van der Waals surface area contributed by atoms with Crippen molar-refractivity contribution in [2.45, 2.75) is 11.6 Å². The fraction of sp³-hybridized carbons (Fsp3) is 0.267. The van der Waals surface area contributed by atoms with E-state index in [1.54, 1.807) is 4.72 Å². The van der Waals surface area contributed by atoms with Gasteiger partial charge >= 0.3 is 6.03 Å². The normalized spacial score (nSPS) is 13.5. The standard InChI is InChI=1S/C15H16N6O7S/c1-26-11-7-9(8-22)17-14(18-11)19-15(23)21-29(24,25)13-10(3-2-4-16-13)12-20-28-6-5-27-12/h2-4,7,22H,5-6,8H2,1H3,(H2,17,18,19,21,23). The molecule has 3 rings (SSSR count). The number of carbonyl (C=O) groups is 1. The second-order valence-electron chi connectivity index (χ2n) is 5.38. The summed E-state index contributed by atoms with van der Waals surface area (Å²) in [6.07, 6.45) is 1.24. The number of pyridine rings is 1. The van der Waals surface area contributed by atoms with Crippen LogP contribution in [0.5, 0.6) is 5.88 Å². The van der Waals surface area contributed by atoms with E-state index in [1.165, 1.54) is 31.5 Å². The van der Waals surface area contributed by atoms with Gasteiger partial charge in [-0.1, -0.05) is 0 Å². The number of rotatable bonds is 6. The number of aliphatic hydroxyl groups is 1. The van der Waals surface area contributed by atoms with E-state index in [9.17, 15) is 18.3 Å². The zero-order valence-electron chi connectivity index (χ0n) is 15.0. The van der Waals surface area contributed by atoms with Crippen LogP contribution in [0.2, 0.25) is 0 Å². The number of hydrogen-bond acceptors (Lipinski definition) is 11. The number of methoxy groups -OCH3 is 1. The molecule has 3 N–H and O–H groups in total. The third kappa shape index (κ3) is 4.85. The Balaban J connectivity index is 1.82. The molecule has 0 aliphatic carbocycles. The highest BCUT2D eigenvalue weighted by Gasteiger charge is 2.27. The quantitative estimate of drug-likeness (QED) is 0.553. The number of sulfonamides is 1. The predicted octanol–water partition coefficient (Wildman–Crippen LogP) is -0.409. The second-order valence-corrected chi connectivity index (χ2v) is 6.97. The predicted molar refractivity (Wildman–Crippen MR) is 96.5 cm³/mol. The summed E-state index contributed by atoms with van der Waals surface area (Å²) in [6, 6.07) is 3.09. The Bertz CT molecular complexity index is 1020. The van der Waals surface area contributed by atoms with Gasteiger partial charge in [-0.3, -0.25) is 5.32 Å². The summed E-state index contributed by atoms with van der Waals surface area (Å²) in [5.41, 5.74) is 0.183. The van der Waals surface area contributed by atoms with E-state index in [0.717, 1.165) is 0 Å². The lowest BCUT2D eigenvalue weighted by molar-refractivity contribution is 0.0653. The monoisotopic (exact) mass is 424 g/mol. The number of nitrogens with zero attached hydrogens (tertiary/aromatic N) is 4. The fourth-order valence-corrected chi connectivity index (χ4v) is 3.25. The topological polar surface area (TPSA) is 174 Å². The molecule has 0 aromatic carbocycles. The molecule has 0 spiro atoms. The third-order valence-corrected chi connectivity index (χ3v) is 4.68. The lowest BCUT2D eigenvalue weighted by Crippen LogP contribution is -2.36. The van der Waals surface area contributed by atoms with Gasteiger partial charge in [0.25, 0.3) is 15.9 Å². The van der Waals surface area contributed by atoms with Gasteiger partial charge in [-0.25, -0.2) is 19.5 Å². The highest BCUT2D eigenvalue weighted by molar-refractivity contribution is 7.90. The van der Waals surface area contributed by atoms with E-state index in [-0.39, 0.29) is 42.2 Å². The number of aliphatic hydroxyl groups excluding tert-OH is 1. The van der Waals surface area contributed by atoms with Crippen molar-refractivity contribution in [1.82, 2.24) is 19.7 Å². The highest BCUT2D eigenvalue weighted by atomic mass is 32.2. The number of hydrogen-bond donors (Lipinski definition) is 3. The Morgan fingerprint density at radius 1 is 1.34 bits per heavy atom. The van der Waals surface area contributed by atoms with Gasteiger partial charge in [-0.2, -0.15) is 13.4 Å². The molecule has 2 amide bonds. The van der Waals surface area contributed by atoms with Gasteiger partial charge in [-0.15, -0.1) is 0 Å². The minimum atomic E-state index is -4.42. The van der Waals surface area contributed by atoms with E-state index in [4.69, 9.17) is 14.3 Å². The second kappa shape index (κ2) is 8.66. The minimum absolute atomic E-state index is 0.0210. The first-order valence-electron chi connectivity index (χ1n) is 8.07. The van der Waals surface area contributed by atoms with E-state index >= 15 is 0 Å². The van der Waals surface area contributed by atoms with Gasteiger partial charge < -0.3 is 19.4 Å². The van der Waals surface area contributed by atoms with Crippen molar-refractivity contribution in [3.63, 3.8) is 0 Å². The van der Waals surface area contributed by atoms with E-state index < -0.39 is 27.7 Å². The molecule has 0 fully saturated rings. The maximum atomic E-state index is 12.7. The molecule has 0 unspecified atom stereocenters. The lowest BCUT2D eigenvalue weighted by atomic mass is 10.3. The first kappa shape index (κ1) is 20.2.